The standard InChI is InChI=1S/C18H32N6O4S.HI/c1-17(2,3)28-16(25)24-18(4,5)13-22-15(19-6)21-10-11-23-29(26,27)14-8-7-9-20-12-14;/h7-9,12,23H,10-11,13H2,1-6H3,(H,24,25)(H2,19,21,22);1H. The highest BCUT2D eigenvalue weighted by atomic mass is 127. The van der Waals surface area contributed by atoms with Crippen molar-refractivity contribution in [3.05, 3.63) is 24.5 Å². The quantitative estimate of drug-likeness (QED) is 0.165. The number of amides is 1. The van der Waals surface area contributed by atoms with Crippen molar-refractivity contribution in [3.63, 3.8) is 0 Å². The Kier molecular flexibility index (Phi) is 11.6. The molecular formula is C18H33IN6O4S. The number of alkyl carbamates (subject to hydrolysis) is 1. The highest BCUT2D eigenvalue weighted by molar-refractivity contribution is 14.0. The van der Waals surface area contributed by atoms with Crippen LogP contribution in [-0.4, -0.2) is 63.3 Å². The maximum atomic E-state index is 12.1. The van der Waals surface area contributed by atoms with Crippen LogP contribution in [-0.2, 0) is 14.8 Å². The monoisotopic (exact) mass is 556 g/mol. The molecular weight excluding hydrogens is 523 g/mol. The Bertz CT molecular complexity index is 795. The van der Waals surface area contributed by atoms with E-state index < -0.39 is 27.3 Å². The number of aromatic nitrogens is 1. The molecule has 0 saturated carbocycles. The number of ether oxygens (including phenoxy) is 1. The lowest BCUT2D eigenvalue weighted by molar-refractivity contribution is 0.0474. The number of aliphatic imine (C=N–C) groups is 1. The van der Waals surface area contributed by atoms with Gasteiger partial charge in [-0.05, 0) is 46.8 Å². The molecule has 0 fully saturated rings. The summed E-state index contributed by atoms with van der Waals surface area (Å²) >= 11 is 0. The van der Waals surface area contributed by atoms with Crippen LogP contribution >= 0.6 is 24.0 Å². The Morgan fingerprint density at radius 2 is 1.83 bits per heavy atom. The fraction of sp³-hybridized carbons (Fsp3) is 0.611. The van der Waals surface area contributed by atoms with Crippen LogP contribution in [0.5, 0.6) is 0 Å². The zero-order valence-electron chi connectivity index (χ0n) is 18.3. The number of nitrogens with zero attached hydrogens (tertiary/aromatic N) is 2. The van der Waals surface area contributed by atoms with Crippen LogP contribution in [0.15, 0.2) is 34.4 Å². The number of hydrogen-bond donors (Lipinski definition) is 4. The molecule has 10 nitrogen and oxygen atoms in total. The number of guanidine groups is 1. The third-order valence-corrected chi connectivity index (χ3v) is 4.86. The van der Waals surface area contributed by atoms with E-state index in [9.17, 15) is 13.2 Å². The normalized spacial score (nSPS) is 12.5. The highest BCUT2D eigenvalue weighted by Gasteiger charge is 2.24. The molecule has 1 aromatic heterocycles. The Hall–Kier alpha value is -1.67. The van der Waals surface area contributed by atoms with Gasteiger partial charge in [-0.15, -0.1) is 24.0 Å². The lowest BCUT2D eigenvalue weighted by Crippen LogP contribution is -2.54. The van der Waals surface area contributed by atoms with Crippen molar-refractivity contribution in [2.45, 2.75) is 50.7 Å². The third-order valence-electron chi connectivity index (χ3n) is 3.41. The molecule has 0 radical (unpaired) electrons. The number of carbonyl (C=O) groups is 1. The SMILES string of the molecule is CN=C(NCCNS(=O)(=O)c1cccnc1)NCC(C)(C)NC(=O)OC(C)(C)C.I. The molecule has 1 rings (SSSR count). The first kappa shape index (κ1) is 28.3. The number of sulfonamides is 1. The summed E-state index contributed by atoms with van der Waals surface area (Å²) in [6, 6.07) is 3.04. The summed E-state index contributed by atoms with van der Waals surface area (Å²) in [5.41, 5.74) is -1.17. The van der Waals surface area contributed by atoms with Gasteiger partial charge in [0.25, 0.3) is 0 Å². The zero-order valence-corrected chi connectivity index (χ0v) is 21.4. The van der Waals surface area contributed by atoms with Gasteiger partial charge in [-0.2, -0.15) is 0 Å². The van der Waals surface area contributed by atoms with Gasteiger partial charge in [0.2, 0.25) is 10.0 Å². The van der Waals surface area contributed by atoms with Gasteiger partial charge in [-0.3, -0.25) is 9.98 Å². The maximum absolute atomic E-state index is 12.1. The lowest BCUT2D eigenvalue weighted by atomic mass is 10.1. The smallest absolute Gasteiger partial charge is 0.408 e. The summed E-state index contributed by atoms with van der Waals surface area (Å²) in [6.07, 6.45) is 2.29. The molecule has 0 bridgehead atoms. The highest BCUT2D eigenvalue weighted by Crippen LogP contribution is 2.09. The van der Waals surface area contributed by atoms with Crippen molar-refractivity contribution in [2.24, 2.45) is 4.99 Å². The van der Waals surface area contributed by atoms with Crippen LogP contribution in [0.4, 0.5) is 4.79 Å². The van der Waals surface area contributed by atoms with E-state index in [1.54, 1.807) is 33.9 Å². The molecule has 1 heterocycles. The summed E-state index contributed by atoms with van der Waals surface area (Å²) in [5.74, 6) is 0.477. The zero-order chi connectivity index (χ0) is 22.1. The first-order valence-corrected chi connectivity index (χ1v) is 10.7. The van der Waals surface area contributed by atoms with E-state index in [1.807, 2.05) is 13.8 Å². The number of pyridine rings is 1. The topological polar surface area (TPSA) is 134 Å². The minimum Gasteiger partial charge on any atom is -0.444 e. The van der Waals surface area contributed by atoms with Gasteiger partial charge in [0.1, 0.15) is 10.5 Å². The fourth-order valence-corrected chi connectivity index (χ4v) is 3.10. The largest absolute Gasteiger partial charge is 0.444 e. The summed E-state index contributed by atoms with van der Waals surface area (Å²) in [4.78, 5) is 19.9. The van der Waals surface area contributed by atoms with Gasteiger partial charge in [0.05, 0.1) is 5.54 Å². The molecule has 172 valence electrons. The summed E-state index contributed by atoms with van der Waals surface area (Å²) in [6.45, 7) is 9.95. The Morgan fingerprint density at radius 3 is 2.37 bits per heavy atom. The minimum atomic E-state index is -3.60. The van der Waals surface area contributed by atoms with Crippen molar-refractivity contribution in [2.75, 3.05) is 26.7 Å². The molecule has 0 aliphatic rings. The molecule has 12 heteroatoms. The van der Waals surface area contributed by atoms with Gasteiger partial charge in [0.15, 0.2) is 5.96 Å². The average molecular weight is 556 g/mol. The average Bonchev–Trinajstić information content (AvgIpc) is 2.59. The molecule has 30 heavy (non-hydrogen) atoms. The summed E-state index contributed by atoms with van der Waals surface area (Å²) in [5, 5.41) is 8.89. The summed E-state index contributed by atoms with van der Waals surface area (Å²) < 4.78 is 32.0. The number of nitrogens with one attached hydrogen (secondary N) is 4. The Balaban J connectivity index is 0.00000841. The molecule has 0 unspecified atom stereocenters. The number of rotatable bonds is 8. The molecule has 0 aromatic carbocycles. The number of halogens is 1. The molecule has 1 amide bonds. The van der Waals surface area contributed by atoms with E-state index in [0.717, 1.165) is 0 Å². The molecule has 0 aliphatic carbocycles. The van der Waals surface area contributed by atoms with Gasteiger partial charge in [-0.1, -0.05) is 0 Å². The van der Waals surface area contributed by atoms with Gasteiger partial charge < -0.3 is 20.7 Å². The van der Waals surface area contributed by atoms with Crippen LogP contribution in [0.2, 0.25) is 0 Å². The van der Waals surface area contributed by atoms with Gasteiger partial charge in [-0.25, -0.2) is 17.9 Å². The van der Waals surface area contributed by atoms with Gasteiger partial charge >= 0.3 is 6.09 Å². The predicted octanol–water partition coefficient (Wildman–Crippen LogP) is 1.45. The van der Waals surface area contributed by atoms with E-state index >= 15 is 0 Å². The molecule has 0 aliphatic heterocycles. The van der Waals surface area contributed by atoms with Crippen LogP contribution < -0.4 is 20.7 Å². The number of carbonyl (C=O) groups excluding carboxylic acids is 1. The predicted molar refractivity (Wildman–Crippen MR) is 128 cm³/mol. The van der Waals surface area contributed by atoms with E-state index in [0.29, 0.717) is 19.0 Å². The van der Waals surface area contributed by atoms with Crippen molar-refractivity contribution in [3.8, 4) is 0 Å². The first-order valence-electron chi connectivity index (χ1n) is 9.20. The van der Waals surface area contributed by atoms with Gasteiger partial charge in [0, 0.05) is 39.1 Å². The third kappa shape index (κ3) is 11.5. The molecule has 4 N–H and O–H groups in total. The fourth-order valence-electron chi connectivity index (χ4n) is 2.11. The Labute approximate surface area is 196 Å². The molecule has 0 atom stereocenters. The second kappa shape index (κ2) is 12.2. The molecule has 1 aromatic rings. The molecule has 0 saturated heterocycles. The van der Waals surface area contributed by atoms with Crippen LogP contribution in [0, 0.1) is 0 Å². The van der Waals surface area contributed by atoms with Crippen molar-refractivity contribution < 1.29 is 17.9 Å². The maximum Gasteiger partial charge on any atom is 0.408 e. The van der Waals surface area contributed by atoms with Crippen molar-refractivity contribution in [1.82, 2.24) is 25.7 Å². The van der Waals surface area contributed by atoms with E-state index in [4.69, 9.17) is 4.74 Å². The second-order valence-electron chi connectivity index (χ2n) is 7.95. The van der Waals surface area contributed by atoms with Crippen molar-refractivity contribution in [1.29, 1.82) is 0 Å². The van der Waals surface area contributed by atoms with Crippen molar-refractivity contribution >= 4 is 46.1 Å². The van der Waals surface area contributed by atoms with E-state index in [-0.39, 0.29) is 35.4 Å². The van der Waals surface area contributed by atoms with Crippen LogP contribution in [0.25, 0.3) is 0 Å². The lowest BCUT2D eigenvalue weighted by Gasteiger charge is -2.29. The number of hydrogen-bond acceptors (Lipinski definition) is 6. The minimum absolute atomic E-state index is 0. The Morgan fingerprint density at radius 1 is 1.17 bits per heavy atom. The van der Waals surface area contributed by atoms with Crippen LogP contribution in [0.1, 0.15) is 34.6 Å². The first-order chi connectivity index (χ1) is 13.3. The van der Waals surface area contributed by atoms with Crippen LogP contribution in [0.3, 0.4) is 0 Å². The second-order valence-corrected chi connectivity index (χ2v) is 9.72. The van der Waals surface area contributed by atoms with E-state index in [1.165, 1.54) is 18.5 Å². The molecule has 0 spiro atoms. The van der Waals surface area contributed by atoms with E-state index in [2.05, 4.69) is 30.6 Å². The summed E-state index contributed by atoms with van der Waals surface area (Å²) in [7, 11) is -2.00.